The summed E-state index contributed by atoms with van der Waals surface area (Å²) in [5, 5.41) is 14.2. The van der Waals surface area contributed by atoms with Crippen molar-refractivity contribution in [3.05, 3.63) is 0 Å². The maximum absolute atomic E-state index is 7.44. The Morgan fingerprint density at radius 3 is 2.50 bits per heavy atom. The highest BCUT2D eigenvalue weighted by Crippen LogP contribution is 2.04. The lowest BCUT2D eigenvalue weighted by Gasteiger charge is -2.00. The average molecular weight is 189 g/mol. The molecule has 0 atom stereocenters. The Bertz CT molecular complexity index is 134. The minimum Gasteiger partial charge on any atom is -0.313 e. The van der Waals surface area contributed by atoms with E-state index in [9.17, 15) is 0 Å². The minimum atomic E-state index is 0.569. The van der Waals surface area contributed by atoms with E-state index in [1.54, 1.807) is 0 Å². The number of nitrogens with one attached hydrogen (secondary N) is 2. The van der Waals surface area contributed by atoms with Gasteiger partial charge in [0.15, 0.2) is 0 Å². The Morgan fingerprint density at radius 2 is 1.92 bits per heavy atom. The molecule has 0 spiro atoms. The first kappa shape index (κ1) is 11.6. The van der Waals surface area contributed by atoms with Gasteiger partial charge in [-0.15, -0.1) is 11.6 Å². The van der Waals surface area contributed by atoms with Crippen LogP contribution in [-0.4, -0.2) is 17.8 Å². The van der Waals surface area contributed by atoms with Crippen LogP contribution in [0.4, 0.5) is 0 Å². The average Bonchev–Trinajstić information content (AvgIpc) is 2.05. The summed E-state index contributed by atoms with van der Waals surface area (Å²) in [5.74, 6) is 0.569. The summed E-state index contributed by atoms with van der Waals surface area (Å²) in [6, 6.07) is 0. The maximum atomic E-state index is 7.44. The summed E-state index contributed by atoms with van der Waals surface area (Å²) in [7, 11) is 0. The fourth-order valence-corrected chi connectivity index (χ4v) is 1.23. The number of hydrogen-bond donors (Lipinski definition) is 2. The standard InChI is InChI=1S/C9H17ClN2/c10-7-6-9(12)5-3-1-2-4-8-11/h8,11-12H,1-7H2. The monoisotopic (exact) mass is 188 g/mol. The normalized spacial score (nSPS) is 9.75. The summed E-state index contributed by atoms with van der Waals surface area (Å²) < 4.78 is 0. The predicted molar refractivity (Wildman–Crippen MR) is 54.9 cm³/mol. The molecule has 0 heterocycles. The van der Waals surface area contributed by atoms with E-state index >= 15 is 0 Å². The molecule has 0 aromatic heterocycles. The molecule has 70 valence electrons. The van der Waals surface area contributed by atoms with Gasteiger partial charge in [-0.1, -0.05) is 6.42 Å². The zero-order chi connectivity index (χ0) is 9.23. The molecule has 0 unspecified atom stereocenters. The molecule has 0 aromatic carbocycles. The van der Waals surface area contributed by atoms with Crippen molar-refractivity contribution in [1.29, 1.82) is 10.8 Å². The van der Waals surface area contributed by atoms with Crippen molar-refractivity contribution in [2.45, 2.75) is 38.5 Å². The molecule has 0 bridgehead atoms. The zero-order valence-corrected chi connectivity index (χ0v) is 8.16. The molecule has 0 fully saturated rings. The van der Waals surface area contributed by atoms with Crippen LogP contribution in [0.5, 0.6) is 0 Å². The van der Waals surface area contributed by atoms with Crippen molar-refractivity contribution in [2.75, 3.05) is 5.88 Å². The van der Waals surface area contributed by atoms with Gasteiger partial charge in [0.2, 0.25) is 0 Å². The molecule has 0 amide bonds. The first-order valence-electron chi connectivity index (χ1n) is 4.42. The van der Waals surface area contributed by atoms with E-state index in [2.05, 4.69) is 0 Å². The second-order valence-electron chi connectivity index (χ2n) is 2.85. The van der Waals surface area contributed by atoms with Crippen LogP contribution < -0.4 is 0 Å². The van der Waals surface area contributed by atoms with Crippen molar-refractivity contribution in [3.8, 4) is 0 Å². The minimum absolute atomic E-state index is 0.569. The molecule has 0 aliphatic rings. The van der Waals surface area contributed by atoms with Gasteiger partial charge in [-0.05, 0) is 38.3 Å². The lowest BCUT2D eigenvalue weighted by atomic mass is 10.1. The van der Waals surface area contributed by atoms with E-state index in [4.69, 9.17) is 22.4 Å². The van der Waals surface area contributed by atoms with Crippen molar-refractivity contribution in [1.82, 2.24) is 0 Å². The van der Waals surface area contributed by atoms with Crippen LogP contribution in [0.1, 0.15) is 38.5 Å². The zero-order valence-electron chi connectivity index (χ0n) is 7.41. The molecule has 12 heavy (non-hydrogen) atoms. The molecule has 3 heteroatoms. The van der Waals surface area contributed by atoms with Gasteiger partial charge in [-0.3, -0.25) is 0 Å². The summed E-state index contributed by atoms with van der Waals surface area (Å²) >= 11 is 5.49. The molecular weight excluding hydrogens is 172 g/mol. The highest BCUT2D eigenvalue weighted by Gasteiger charge is 1.95. The van der Waals surface area contributed by atoms with Crippen LogP contribution in [0.15, 0.2) is 0 Å². The van der Waals surface area contributed by atoms with Crippen LogP contribution >= 0.6 is 11.6 Å². The molecule has 0 saturated carbocycles. The Hall–Kier alpha value is -0.370. The molecule has 0 aliphatic heterocycles. The Kier molecular flexibility index (Phi) is 8.46. The maximum Gasteiger partial charge on any atom is 0.0275 e. The molecule has 2 nitrogen and oxygen atoms in total. The van der Waals surface area contributed by atoms with Gasteiger partial charge in [0.1, 0.15) is 0 Å². The molecular formula is C9H17ClN2. The highest BCUT2D eigenvalue weighted by atomic mass is 35.5. The number of alkyl halides is 1. The molecule has 2 N–H and O–H groups in total. The lowest BCUT2D eigenvalue weighted by molar-refractivity contribution is 0.715. The topological polar surface area (TPSA) is 47.7 Å². The molecule has 0 aliphatic carbocycles. The van der Waals surface area contributed by atoms with Gasteiger partial charge in [-0.25, -0.2) is 0 Å². The molecule has 0 aromatic rings. The quantitative estimate of drug-likeness (QED) is 0.334. The molecule has 0 radical (unpaired) electrons. The third-order valence-electron chi connectivity index (χ3n) is 1.72. The fourth-order valence-electron chi connectivity index (χ4n) is 1.00. The van der Waals surface area contributed by atoms with Crippen molar-refractivity contribution in [3.63, 3.8) is 0 Å². The van der Waals surface area contributed by atoms with E-state index in [-0.39, 0.29) is 0 Å². The summed E-state index contributed by atoms with van der Waals surface area (Å²) in [6.45, 7) is 0. The summed E-state index contributed by atoms with van der Waals surface area (Å²) in [5.41, 5.74) is 0.764. The second-order valence-corrected chi connectivity index (χ2v) is 3.22. The second kappa shape index (κ2) is 8.72. The van der Waals surface area contributed by atoms with E-state index in [1.807, 2.05) is 0 Å². The number of rotatable bonds is 8. The van der Waals surface area contributed by atoms with Gasteiger partial charge in [0.25, 0.3) is 0 Å². The smallest absolute Gasteiger partial charge is 0.0275 e. The molecule has 0 rings (SSSR count). The van der Waals surface area contributed by atoms with E-state index in [1.165, 1.54) is 6.21 Å². The van der Waals surface area contributed by atoms with Crippen LogP contribution in [0, 0.1) is 10.8 Å². The summed E-state index contributed by atoms with van der Waals surface area (Å²) in [4.78, 5) is 0. The SMILES string of the molecule is N=CCCCCCC(=N)CCCl. The fraction of sp³-hybridized carbons (Fsp3) is 0.778. The Morgan fingerprint density at radius 1 is 1.17 bits per heavy atom. The van der Waals surface area contributed by atoms with Crippen LogP contribution in [0.25, 0.3) is 0 Å². The third-order valence-corrected chi connectivity index (χ3v) is 1.91. The predicted octanol–water partition coefficient (Wildman–Crippen LogP) is 3.24. The number of unbranched alkanes of at least 4 members (excludes halogenated alkanes) is 3. The van der Waals surface area contributed by atoms with E-state index in [0.717, 1.165) is 44.2 Å². The van der Waals surface area contributed by atoms with Gasteiger partial charge >= 0.3 is 0 Å². The number of hydrogen-bond acceptors (Lipinski definition) is 2. The van der Waals surface area contributed by atoms with Crippen LogP contribution in [0.3, 0.4) is 0 Å². The van der Waals surface area contributed by atoms with E-state index < -0.39 is 0 Å². The van der Waals surface area contributed by atoms with Crippen LogP contribution in [0.2, 0.25) is 0 Å². The van der Waals surface area contributed by atoms with Crippen molar-refractivity contribution in [2.24, 2.45) is 0 Å². The first-order chi connectivity index (χ1) is 5.81. The van der Waals surface area contributed by atoms with Gasteiger partial charge in [0.05, 0.1) is 0 Å². The van der Waals surface area contributed by atoms with Gasteiger partial charge in [0, 0.05) is 11.6 Å². The number of halogens is 1. The van der Waals surface area contributed by atoms with Crippen LogP contribution in [-0.2, 0) is 0 Å². The van der Waals surface area contributed by atoms with E-state index in [0.29, 0.717) is 5.88 Å². The van der Waals surface area contributed by atoms with Crippen molar-refractivity contribution >= 4 is 23.5 Å². The molecule has 0 saturated heterocycles. The third kappa shape index (κ3) is 7.73. The Balaban J connectivity index is 3.08. The lowest BCUT2D eigenvalue weighted by Crippen LogP contribution is -1.96. The van der Waals surface area contributed by atoms with Gasteiger partial charge < -0.3 is 10.8 Å². The van der Waals surface area contributed by atoms with Crippen molar-refractivity contribution < 1.29 is 0 Å². The highest BCUT2D eigenvalue weighted by molar-refractivity contribution is 6.19. The summed E-state index contributed by atoms with van der Waals surface area (Å²) in [6.07, 6.45) is 7.21. The Labute approximate surface area is 79.3 Å². The van der Waals surface area contributed by atoms with Gasteiger partial charge in [-0.2, -0.15) is 0 Å². The first-order valence-corrected chi connectivity index (χ1v) is 4.96. The largest absolute Gasteiger partial charge is 0.313 e.